The van der Waals surface area contributed by atoms with Gasteiger partial charge in [-0.15, -0.1) is 0 Å². The van der Waals surface area contributed by atoms with Gasteiger partial charge in [-0.3, -0.25) is 0 Å². The lowest BCUT2D eigenvalue weighted by Crippen LogP contribution is -2.14. The number of nitrogens with zero attached hydrogens (tertiary/aromatic N) is 1. The molecule has 0 unspecified atom stereocenters. The van der Waals surface area contributed by atoms with E-state index < -0.39 is 0 Å². The van der Waals surface area contributed by atoms with Gasteiger partial charge in [-0.05, 0) is 40.9 Å². The molecule has 1 heterocycles. The van der Waals surface area contributed by atoms with E-state index in [1.807, 2.05) is 12.3 Å². The van der Waals surface area contributed by atoms with Crippen molar-refractivity contribution in [2.24, 2.45) is 0 Å². The molecule has 13 heavy (non-hydrogen) atoms. The molecule has 70 valence electrons. The molecule has 1 fully saturated rings. The van der Waals surface area contributed by atoms with E-state index in [4.69, 9.17) is 0 Å². The second-order valence-corrected chi connectivity index (χ2v) is 4.31. The molecule has 1 aromatic rings. The highest BCUT2D eigenvalue weighted by Crippen LogP contribution is 2.22. The number of halogens is 1. The van der Waals surface area contributed by atoms with Crippen LogP contribution in [-0.4, -0.2) is 11.0 Å². The average molecular weight is 241 g/mol. The Morgan fingerprint density at radius 1 is 1.31 bits per heavy atom. The van der Waals surface area contributed by atoms with Crippen LogP contribution in [0.4, 0.5) is 5.69 Å². The molecule has 1 aromatic heterocycles. The Labute approximate surface area is 86.9 Å². The summed E-state index contributed by atoms with van der Waals surface area (Å²) < 4.78 is 0.893. The zero-order chi connectivity index (χ0) is 9.10. The molecule has 2 rings (SSSR count). The van der Waals surface area contributed by atoms with E-state index in [2.05, 4.69) is 32.3 Å². The largest absolute Gasteiger partial charge is 0.381 e. The van der Waals surface area contributed by atoms with Crippen molar-refractivity contribution >= 4 is 21.6 Å². The van der Waals surface area contributed by atoms with Gasteiger partial charge in [-0.1, -0.05) is 12.8 Å². The summed E-state index contributed by atoms with van der Waals surface area (Å²) in [6.07, 6.45) is 7.21. The number of hydrogen-bond donors (Lipinski definition) is 1. The maximum atomic E-state index is 4.18. The molecule has 0 radical (unpaired) electrons. The molecule has 1 aliphatic rings. The second-order valence-electron chi connectivity index (χ2n) is 3.50. The van der Waals surface area contributed by atoms with Crippen LogP contribution in [0, 0.1) is 0 Å². The van der Waals surface area contributed by atoms with Gasteiger partial charge < -0.3 is 5.32 Å². The predicted molar refractivity (Wildman–Crippen MR) is 57.8 cm³/mol. The van der Waals surface area contributed by atoms with E-state index in [0.29, 0.717) is 6.04 Å². The van der Waals surface area contributed by atoms with Crippen molar-refractivity contribution in [3.63, 3.8) is 0 Å². The van der Waals surface area contributed by atoms with Gasteiger partial charge in [0.15, 0.2) is 0 Å². The van der Waals surface area contributed by atoms with Gasteiger partial charge >= 0.3 is 0 Å². The number of anilines is 1. The van der Waals surface area contributed by atoms with Crippen LogP contribution in [0.5, 0.6) is 0 Å². The van der Waals surface area contributed by atoms with Gasteiger partial charge in [-0.2, -0.15) is 0 Å². The third kappa shape index (κ3) is 2.44. The van der Waals surface area contributed by atoms with Crippen LogP contribution in [0.25, 0.3) is 0 Å². The fourth-order valence-corrected chi connectivity index (χ4v) is 2.00. The minimum Gasteiger partial charge on any atom is -0.381 e. The van der Waals surface area contributed by atoms with Gasteiger partial charge in [-0.25, -0.2) is 4.98 Å². The first-order valence-corrected chi connectivity index (χ1v) is 5.52. The fourth-order valence-electron chi connectivity index (χ4n) is 1.77. The maximum Gasteiger partial charge on any atom is 0.106 e. The monoisotopic (exact) mass is 240 g/mol. The molecular formula is C10H13BrN2. The van der Waals surface area contributed by atoms with Crippen LogP contribution in [0.3, 0.4) is 0 Å². The van der Waals surface area contributed by atoms with Crippen molar-refractivity contribution in [3.05, 3.63) is 22.9 Å². The van der Waals surface area contributed by atoms with Gasteiger partial charge in [0.05, 0.1) is 11.9 Å². The molecule has 0 amide bonds. The Bertz CT molecular complexity index is 265. The lowest BCUT2D eigenvalue weighted by molar-refractivity contribution is 0.754. The summed E-state index contributed by atoms with van der Waals surface area (Å²) in [6.45, 7) is 0. The summed E-state index contributed by atoms with van der Waals surface area (Å²) in [5.74, 6) is 0. The first-order chi connectivity index (χ1) is 6.34. The number of hydrogen-bond acceptors (Lipinski definition) is 2. The third-order valence-corrected chi connectivity index (χ3v) is 2.92. The molecule has 0 spiro atoms. The number of nitrogens with one attached hydrogen (secondary N) is 1. The summed E-state index contributed by atoms with van der Waals surface area (Å²) in [6, 6.07) is 4.70. The molecule has 0 bridgehead atoms. The van der Waals surface area contributed by atoms with Gasteiger partial charge in [0.2, 0.25) is 0 Å². The normalized spacial score (nSPS) is 17.6. The standard InChI is InChI=1S/C10H13BrN2/c11-10-6-5-9(7-12-10)13-8-3-1-2-4-8/h5-8,13H,1-4H2. The van der Waals surface area contributed by atoms with E-state index >= 15 is 0 Å². The maximum absolute atomic E-state index is 4.18. The summed E-state index contributed by atoms with van der Waals surface area (Å²) in [5.41, 5.74) is 1.13. The highest BCUT2D eigenvalue weighted by molar-refractivity contribution is 9.10. The molecule has 0 saturated heterocycles. The topological polar surface area (TPSA) is 24.9 Å². The summed E-state index contributed by atoms with van der Waals surface area (Å²) in [7, 11) is 0. The molecule has 1 N–H and O–H groups in total. The third-order valence-electron chi connectivity index (χ3n) is 2.45. The van der Waals surface area contributed by atoms with E-state index in [0.717, 1.165) is 10.3 Å². The molecule has 2 nitrogen and oxygen atoms in total. The average Bonchev–Trinajstić information content (AvgIpc) is 2.62. The Hall–Kier alpha value is -0.570. The second kappa shape index (κ2) is 4.09. The van der Waals surface area contributed by atoms with E-state index in [1.165, 1.54) is 25.7 Å². The van der Waals surface area contributed by atoms with Crippen molar-refractivity contribution in [1.82, 2.24) is 4.98 Å². The molecule has 1 saturated carbocycles. The highest BCUT2D eigenvalue weighted by atomic mass is 79.9. The summed E-state index contributed by atoms with van der Waals surface area (Å²) in [5, 5.41) is 3.48. The van der Waals surface area contributed by atoms with Gasteiger partial charge in [0.1, 0.15) is 4.60 Å². The zero-order valence-corrected chi connectivity index (χ0v) is 9.05. The van der Waals surface area contributed by atoms with Crippen LogP contribution in [0.2, 0.25) is 0 Å². The Kier molecular flexibility index (Phi) is 2.83. The Balaban J connectivity index is 1.97. The number of pyridine rings is 1. The predicted octanol–water partition coefficient (Wildman–Crippen LogP) is 3.20. The van der Waals surface area contributed by atoms with E-state index in [1.54, 1.807) is 0 Å². The number of aromatic nitrogens is 1. The quantitative estimate of drug-likeness (QED) is 0.804. The van der Waals surface area contributed by atoms with Crippen molar-refractivity contribution in [2.45, 2.75) is 31.7 Å². The molecule has 0 aromatic carbocycles. The van der Waals surface area contributed by atoms with Crippen molar-refractivity contribution in [3.8, 4) is 0 Å². The van der Waals surface area contributed by atoms with Crippen molar-refractivity contribution < 1.29 is 0 Å². The highest BCUT2D eigenvalue weighted by Gasteiger charge is 2.13. The van der Waals surface area contributed by atoms with Crippen LogP contribution in [-0.2, 0) is 0 Å². The molecule has 0 atom stereocenters. The van der Waals surface area contributed by atoms with Crippen LogP contribution < -0.4 is 5.32 Å². The molecular weight excluding hydrogens is 228 g/mol. The van der Waals surface area contributed by atoms with Crippen molar-refractivity contribution in [2.75, 3.05) is 5.32 Å². The zero-order valence-electron chi connectivity index (χ0n) is 7.46. The van der Waals surface area contributed by atoms with Crippen LogP contribution >= 0.6 is 15.9 Å². The van der Waals surface area contributed by atoms with Crippen molar-refractivity contribution in [1.29, 1.82) is 0 Å². The minimum absolute atomic E-state index is 0.669. The fraction of sp³-hybridized carbons (Fsp3) is 0.500. The summed E-state index contributed by atoms with van der Waals surface area (Å²) >= 11 is 3.32. The summed E-state index contributed by atoms with van der Waals surface area (Å²) in [4.78, 5) is 4.18. The molecule has 3 heteroatoms. The van der Waals surface area contributed by atoms with Crippen LogP contribution in [0.15, 0.2) is 22.9 Å². The Morgan fingerprint density at radius 3 is 2.69 bits per heavy atom. The number of rotatable bonds is 2. The smallest absolute Gasteiger partial charge is 0.106 e. The Morgan fingerprint density at radius 2 is 2.08 bits per heavy atom. The minimum atomic E-state index is 0.669. The van der Waals surface area contributed by atoms with Gasteiger partial charge in [0, 0.05) is 6.04 Å². The molecule has 0 aliphatic heterocycles. The van der Waals surface area contributed by atoms with E-state index in [-0.39, 0.29) is 0 Å². The lowest BCUT2D eigenvalue weighted by Gasteiger charge is -2.12. The lowest BCUT2D eigenvalue weighted by atomic mass is 10.2. The first kappa shape index (κ1) is 9.00. The van der Waals surface area contributed by atoms with Crippen LogP contribution in [0.1, 0.15) is 25.7 Å². The SMILES string of the molecule is Brc1ccc(NC2CCCC2)cn1. The first-order valence-electron chi connectivity index (χ1n) is 4.73. The molecule has 1 aliphatic carbocycles. The van der Waals surface area contributed by atoms with Gasteiger partial charge in [0.25, 0.3) is 0 Å². The van der Waals surface area contributed by atoms with E-state index in [9.17, 15) is 0 Å².